The van der Waals surface area contributed by atoms with Crippen molar-refractivity contribution in [2.45, 2.75) is 6.42 Å². The summed E-state index contributed by atoms with van der Waals surface area (Å²) in [5.41, 5.74) is 0. The summed E-state index contributed by atoms with van der Waals surface area (Å²) >= 11 is 0. The van der Waals surface area contributed by atoms with Crippen LogP contribution < -0.4 is 4.90 Å². The minimum absolute atomic E-state index is 0.244. The average Bonchev–Trinajstić information content (AvgIpc) is 2.38. The molecule has 0 saturated heterocycles. The molecule has 4 heteroatoms. The van der Waals surface area contributed by atoms with E-state index in [4.69, 9.17) is 5.11 Å². The van der Waals surface area contributed by atoms with Gasteiger partial charge in [0.1, 0.15) is 5.82 Å². The molecular weight excluding hydrogens is 202 g/mol. The van der Waals surface area contributed by atoms with E-state index in [1.54, 1.807) is 0 Å². The second-order valence-electron chi connectivity index (χ2n) is 3.83. The number of rotatable bonds is 4. The molecule has 0 bridgehead atoms. The van der Waals surface area contributed by atoms with Gasteiger partial charge in [-0.15, -0.1) is 0 Å². The van der Waals surface area contributed by atoms with Gasteiger partial charge in [0.15, 0.2) is 0 Å². The summed E-state index contributed by atoms with van der Waals surface area (Å²) in [4.78, 5) is 8.73. The molecular formula is C12H17N3O. The zero-order valence-corrected chi connectivity index (χ0v) is 9.29. The van der Waals surface area contributed by atoms with Gasteiger partial charge in [-0.2, -0.15) is 0 Å². The van der Waals surface area contributed by atoms with E-state index < -0.39 is 0 Å². The monoisotopic (exact) mass is 219 g/mol. The summed E-state index contributed by atoms with van der Waals surface area (Å²) < 4.78 is 0. The fraction of sp³-hybridized carbons (Fsp3) is 0.417. The van der Waals surface area contributed by atoms with Crippen molar-refractivity contribution in [1.29, 1.82) is 0 Å². The summed E-state index contributed by atoms with van der Waals surface area (Å²) in [5.74, 6) is 1.00. The molecule has 0 aromatic carbocycles. The number of pyridine rings is 1. The van der Waals surface area contributed by atoms with Crippen LogP contribution in [0.25, 0.3) is 0 Å². The Kier molecular flexibility index (Phi) is 3.77. The highest BCUT2D eigenvalue weighted by atomic mass is 16.3. The van der Waals surface area contributed by atoms with Gasteiger partial charge in [0, 0.05) is 25.9 Å². The van der Waals surface area contributed by atoms with Crippen LogP contribution in [-0.4, -0.2) is 41.4 Å². The van der Waals surface area contributed by atoms with Crippen LogP contribution in [0.15, 0.2) is 36.7 Å². The molecule has 0 unspecified atom stereocenters. The van der Waals surface area contributed by atoms with Crippen molar-refractivity contribution in [1.82, 2.24) is 9.88 Å². The minimum atomic E-state index is 0.244. The number of hydrogen-bond acceptors (Lipinski definition) is 4. The largest absolute Gasteiger partial charge is 0.396 e. The van der Waals surface area contributed by atoms with Gasteiger partial charge in [-0.3, -0.25) is 0 Å². The molecule has 0 spiro atoms. The molecule has 0 aliphatic carbocycles. The summed E-state index contributed by atoms with van der Waals surface area (Å²) in [5, 5.41) is 8.80. The zero-order valence-electron chi connectivity index (χ0n) is 9.29. The van der Waals surface area contributed by atoms with Crippen molar-refractivity contribution in [3.63, 3.8) is 0 Å². The molecule has 4 nitrogen and oxygen atoms in total. The quantitative estimate of drug-likeness (QED) is 0.822. The molecule has 2 heterocycles. The number of nitrogens with zero attached hydrogens (tertiary/aromatic N) is 3. The van der Waals surface area contributed by atoms with E-state index in [9.17, 15) is 0 Å². The Bertz CT molecular complexity index is 339. The highest BCUT2D eigenvalue weighted by Crippen LogP contribution is 2.13. The Morgan fingerprint density at radius 1 is 1.38 bits per heavy atom. The second-order valence-corrected chi connectivity index (χ2v) is 3.83. The molecule has 0 radical (unpaired) electrons. The molecule has 2 rings (SSSR count). The molecule has 0 amide bonds. The van der Waals surface area contributed by atoms with Gasteiger partial charge < -0.3 is 14.9 Å². The summed E-state index contributed by atoms with van der Waals surface area (Å²) in [6.07, 6.45) is 6.83. The molecule has 0 atom stereocenters. The van der Waals surface area contributed by atoms with Gasteiger partial charge in [-0.1, -0.05) is 6.07 Å². The molecule has 1 aromatic rings. The van der Waals surface area contributed by atoms with Gasteiger partial charge in [0.05, 0.1) is 6.67 Å². The highest BCUT2D eigenvalue weighted by molar-refractivity contribution is 5.39. The first-order valence-electron chi connectivity index (χ1n) is 5.58. The van der Waals surface area contributed by atoms with Crippen molar-refractivity contribution >= 4 is 5.82 Å². The van der Waals surface area contributed by atoms with Crippen molar-refractivity contribution in [3.05, 3.63) is 36.7 Å². The maximum atomic E-state index is 8.80. The third kappa shape index (κ3) is 2.73. The Morgan fingerprint density at radius 2 is 2.31 bits per heavy atom. The number of aliphatic hydroxyl groups is 1. The Labute approximate surface area is 95.8 Å². The number of anilines is 1. The molecule has 1 aliphatic heterocycles. The third-order valence-electron chi connectivity index (χ3n) is 2.57. The fourth-order valence-electron chi connectivity index (χ4n) is 1.77. The lowest BCUT2D eigenvalue weighted by molar-refractivity contribution is 0.256. The number of aromatic nitrogens is 1. The Morgan fingerprint density at radius 3 is 3.06 bits per heavy atom. The van der Waals surface area contributed by atoms with Crippen LogP contribution >= 0.6 is 0 Å². The lowest BCUT2D eigenvalue weighted by atomic mass is 10.3. The first kappa shape index (κ1) is 11.0. The molecule has 0 fully saturated rings. The predicted molar refractivity (Wildman–Crippen MR) is 64.0 cm³/mol. The maximum absolute atomic E-state index is 8.80. The van der Waals surface area contributed by atoms with Gasteiger partial charge in [-0.05, 0) is 30.8 Å². The lowest BCUT2D eigenvalue weighted by Gasteiger charge is -2.33. The molecule has 0 saturated carbocycles. The third-order valence-corrected chi connectivity index (χ3v) is 2.57. The van der Waals surface area contributed by atoms with E-state index >= 15 is 0 Å². The molecule has 86 valence electrons. The molecule has 1 aliphatic rings. The molecule has 16 heavy (non-hydrogen) atoms. The summed E-state index contributed by atoms with van der Waals surface area (Å²) in [7, 11) is 0. The standard InChI is InChI=1S/C12H17N3O/c16-10-4-8-14-7-3-9-15(11-14)12-5-1-2-6-13-12/h1-3,5-7,16H,4,8-11H2. The SMILES string of the molecule is OCCCN1C=CCN(c2ccccn2)C1. The fourth-order valence-corrected chi connectivity index (χ4v) is 1.77. The van der Waals surface area contributed by atoms with Crippen molar-refractivity contribution < 1.29 is 5.11 Å². The summed E-state index contributed by atoms with van der Waals surface area (Å²) in [6.45, 7) is 2.87. The first-order chi connectivity index (χ1) is 7.90. The van der Waals surface area contributed by atoms with E-state index in [0.717, 1.165) is 32.0 Å². The van der Waals surface area contributed by atoms with E-state index in [1.807, 2.05) is 24.4 Å². The Balaban J connectivity index is 1.96. The van der Waals surface area contributed by atoms with Crippen molar-refractivity contribution in [3.8, 4) is 0 Å². The van der Waals surface area contributed by atoms with Crippen LogP contribution in [-0.2, 0) is 0 Å². The zero-order chi connectivity index (χ0) is 11.2. The van der Waals surface area contributed by atoms with E-state index in [-0.39, 0.29) is 6.61 Å². The summed E-state index contributed by atoms with van der Waals surface area (Å²) in [6, 6.07) is 5.94. The lowest BCUT2D eigenvalue weighted by Crippen LogP contribution is -2.39. The van der Waals surface area contributed by atoms with Gasteiger partial charge >= 0.3 is 0 Å². The minimum Gasteiger partial charge on any atom is -0.396 e. The number of hydrogen-bond donors (Lipinski definition) is 1. The normalized spacial score (nSPS) is 15.6. The van der Waals surface area contributed by atoms with Gasteiger partial charge in [-0.25, -0.2) is 4.98 Å². The van der Waals surface area contributed by atoms with Crippen molar-refractivity contribution in [2.75, 3.05) is 31.3 Å². The van der Waals surface area contributed by atoms with Crippen LogP contribution in [0.2, 0.25) is 0 Å². The van der Waals surface area contributed by atoms with E-state index in [0.29, 0.717) is 0 Å². The van der Waals surface area contributed by atoms with Crippen LogP contribution in [0.5, 0.6) is 0 Å². The molecule has 1 aromatic heterocycles. The van der Waals surface area contributed by atoms with Crippen LogP contribution in [0.3, 0.4) is 0 Å². The number of aliphatic hydroxyl groups excluding tert-OH is 1. The molecule has 1 N–H and O–H groups in total. The van der Waals surface area contributed by atoms with E-state index in [2.05, 4.69) is 27.1 Å². The van der Waals surface area contributed by atoms with E-state index in [1.165, 1.54) is 0 Å². The smallest absolute Gasteiger partial charge is 0.130 e. The maximum Gasteiger partial charge on any atom is 0.130 e. The van der Waals surface area contributed by atoms with Crippen LogP contribution in [0.1, 0.15) is 6.42 Å². The van der Waals surface area contributed by atoms with Crippen molar-refractivity contribution in [2.24, 2.45) is 0 Å². The second kappa shape index (κ2) is 5.51. The Hall–Kier alpha value is -1.55. The first-order valence-corrected chi connectivity index (χ1v) is 5.58. The topological polar surface area (TPSA) is 39.6 Å². The van der Waals surface area contributed by atoms with Crippen LogP contribution in [0, 0.1) is 0 Å². The van der Waals surface area contributed by atoms with Crippen LogP contribution in [0.4, 0.5) is 5.82 Å². The predicted octanol–water partition coefficient (Wildman–Crippen LogP) is 1.06. The van der Waals surface area contributed by atoms with Gasteiger partial charge in [0.2, 0.25) is 0 Å². The highest BCUT2D eigenvalue weighted by Gasteiger charge is 2.12. The average molecular weight is 219 g/mol. The van der Waals surface area contributed by atoms with Gasteiger partial charge in [0.25, 0.3) is 0 Å².